The van der Waals surface area contributed by atoms with Gasteiger partial charge in [0.1, 0.15) is 5.82 Å². The molecule has 0 aliphatic carbocycles. The molecule has 2 unspecified atom stereocenters. The third kappa shape index (κ3) is 2.29. The molecule has 1 aromatic rings. The van der Waals surface area contributed by atoms with Gasteiger partial charge in [0.2, 0.25) is 0 Å². The van der Waals surface area contributed by atoms with Gasteiger partial charge < -0.3 is 10.6 Å². The molecule has 0 amide bonds. The number of nitrogens with two attached hydrogens (primary N) is 1. The van der Waals surface area contributed by atoms with E-state index in [1.165, 1.54) is 25.8 Å². The van der Waals surface area contributed by atoms with Gasteiger partial charge in [-0.25, -0.2) is 9.67 Å². The van der Waals surface area contributed by atoms with Crippen LogP contribution in [0.25, 0.3) is 0 Å². The Labute approximate surface area is 108 Å². The number of rotatable bonds is 2. The lowest BCUT2D eigenvalue weighted by atomic mass is 10.00. The smallest absolute Gasteiger partial charge is 0.152 e. The molecule has 1 aromatic heterocycles. The molecule has 0 saturated carbocycles. The molecule has 3 heterocycles. The molecule has 5 heteroatoms. The summed E-state index contributed by atoms with van der Waals surface area (Å²) >= 11 is 0. The van der Waals surface area contributed by atoms with E-state index in [0.29, 0.717) is 6.04 Å². The molecule has 2 N–H and O–H groups in total. The summed E-state index contributed by atoms with van der Waals surface area (Å²) in [6.07, 6.45) is 7.07. The Hall–Kier alpha value is -0.940. The van der Waals surface area contributed by atoms with Crippen molar-refractivity contribution in [2.45, 2.75) is 57.2 Å². The van der Waals surface area contributed by atoms with E-state index in [4.69, 9.17) is 5.73 Å². The normalized spacial score (nSPS) is 29.2. The van der Waals surface area contributed by atoms with Gasteiger partial charge in [-0.05, 0) is 39.3 Å². The molecule has 0 aromatic carbocycles. The second kappa shape index (κ2) is 4.97. The molecule has 0 radical (unpaired) electrons. The maximum absolute atomic E-state index is 6.09. The van der Waals surface area contributed by atoms with Crippen molar-refractivity contribution in [3.8, 4) is 0 Å². The summed E-state index contributed by atoms with van der Waals surface area (Å²) in [5.41, 5.74) is 6.09. The number of likely N-dealkylation sites (N-methyl/N-ethyl adjacent to an activating group) is 1. The van der Waals surface area contributed by atoms with Crippen molar-refractivity contribution in [2.24, 2.45) is 5.73 Å². The van der Waals surface area contributed by atoms with Gasteiger partial charge in [-0.3, -0.25) is 0 Å². The van der Waals surface area contributed by atoms with Gasteiger partial charge in [0.15, 0.2) is 5.82 Å². The molecule has 1 saturated heterocycles. The molecule has 18 heavy (non-hydrogen) atoms. The van der Waals surface area contributed by atoms with Crippen LogP contribution < -0.4 is 5.73 Å². The SMILES string of the molecule is CN1CCCCC1Cc1nc2n(n1)CCCC2N. The summed E-state index contributed by atoms with van der Waals surface area (Å²) in [5.74, 6) is 1.98. The zero-order valence-corrected chi connectivity index (χ0v) is 11.2. The quantitative estimate of drug-likeness (QED) is 0.852. The van der Waals surface area contributed by atoms with Crippen LogP contribution in [0.4, 0.5) is 0 Å². The van der Waals surface area contributed by atoms with Gasteiger partial charge in [0.05, 0.1) is 6.04 Å². The van der Waals surface area contributed by atoms with Crippen molar-refractivity contribution in [2.75, 3.05) is 13.6 Å². The van der Waals surface area contributed by atoms with Crippen LogP contribution >= 0.6 is 0 Å². The number of nitrogens with zero attached hydrogens (tertiary/aromatic N) is 4. The van der Waals surface area contributed by atoms with E-state index in [1.807, 2.05) is 4.68 Å². The van der Waals surface area contributed by atoms with E-state index in [2.05, 4.69) is 22.0 Å². The molecule has 2 aliphatic rings. The second-order valence-electron chi connectivity index (χ2n) is 5.69. The number of aryl methyl sites for hydroxylation is 1. The van der Waals surface area contributed by atoms with Crippen LogP contribution in [0.5, 0.6) is 0 Å². The Bertz CT molecular complexity index is 414. The van der Waals surface area contributed by atoms with Gasteiger partial charge >= 0.3 is 0 Å². The van der Waals surface area contributed by atoms with Crippen LogP contribution in [0, 0.1) is 0 Å². The van der Waals surface area contributed by atoms with E-state index in [1.54, 1.807) is 0 Å². The van der Waals surface area contributed by atoms with E-state index in [-0.39, 0.29) is 6.04 Å². The Morgan fingerprint density at radius 1 is 1.22 bits per heavy atom. The average molecular weight is 249 g/mol. The lowest BCUT2D eigenvalue weighted by Crippen LogP contribution is -2.37. The highest BCUT2D eigenvalue weighted by atomic mass is 15.4. The van der Waals surface area contributed by atoms with Crippen molar-refractivity contribution in [3.05, 3.63) is 11.6 Å². The molecule has 2 aliphatic heterocycles. The summed E-state index contributed by atoms with van der Waals surface area (Å²) in [6.45, 7) is 2.19. The van der Waals surface area contributed by atoms with Crippen LogP contribution in [0.2, 0.25) is 0 Å². The Kier molecular flexibility index (Phi) is 3.35. The van der Waals surface area contributed by atoms with E-state index < -0.39 is 0 Å². The highest BCUT2D eigenvalue weighted by Gasteiger charge is 2.24. The highest BCUT2D eigenvalue weighted by Crippen LogP contribution is 2.22. The van der Waals surface area contributed by atoms with Gasteiger partial charge in [-0.1, -0.05) is 6.42 Å². The van der Waals surface area contributed by atoms with Crippen molar-refractivity contribution in [1.82, 2.24) is 19.7 Å². The summed E-state index contributed by atoms with van der Waals surface area (Å²) in [6, 6.07) is 0.698. The zero-order valence-electron chi connectivity index (χ0n) is 11.2. The number of likely N-dealkylation sites (tertiary alicyclic amines) is 1. The monoisotopic (exact) mass is 249 g/mol. The van der Waals surface area contributed by atoms with Gasteiger partial charge in [-0.2, -0.15) is 5.10 Å². The molecule has 2 atom stereocenters. The maximum Gasteiger partial charge on any atom is 0.152 e. The molecular formula is C13H23N5. The lowest BCUT2D eigenvalue weighted by Gasteiger charge is -2.31. The van der Waals surface area contributed by atoms with E-state index in [9.17, 15) is 0 Å². The Morgan fingerprint density at radius 2 is 2.11 bits per heavy atom. The standard InChI is InChI=1S/C13H23N5/c1-17-7-3-2-5-10(17)9-12-15-13-11(14)6-4-8-18(13)16-12/h10-11H,2-9,14H2,1H3. The van der Waals surface area contributed by atoms with Gasteiger partial charge in [0.25, 0.3) is 0 Å². The Balaban J connectivity index is 1.73. The van der Waals surface area contributed by atoms with Crippen LogP contribution in [0.1, 0.15) is 49.8 Å². The lowest BCUT2D eigenvalue weighted by molar-refractivity contribution is 0.182. The summed E-state index contributed by atoms with van der Waals surface area (Å²) < 4.78 is 2.02. The predicted octanol–water partition coefficient (Wildman–Crippen LogP) is 1.10. The molecule has 5 nitrogen and oxygen atoms in total. The number of hydrogen-bond acceptors (Lipinski definition) is 4. The molecule has 1 fully saturated rings. The van der Waals surface area contributed by atoms with Crippen LogP contribution in [0.3, 0.4) is 0 Å². The summed E-state index contributed by atoms with van der Waals surface area (Å²) in [4.78, 5) is 7.11. The fraction of sp³-hybridized carbons (Fsp3) is 0.846. The number of aromatic nitrogens is 3. The first-order valence-corrected chi connectivity index (χ1v) is 7.13. The van der Waals surface area contributed by atoms with Crippen molar-refractivity contribution in [1.29, 1.82) is 0 Å². The molecule has 100 valence electrons. The summed E-state index contributed by atoms with van der Waals surface area (Å²) in [7, 11) is 2.21. The van der Waals surface area contributed by atoms with Gasteiger partial charge in [0, 0.05) is 19.0 Å². The highest BCUT2D eigenvalue weighted by molar-refractivity contribution is 5.02. The molecular weight excluding hydrogens is 226 g/mol. The predicted molar refractivity (Wildman–Crippen MR) is 70.2 cm³/mol. The molecule has 0 bridgehead atoms. The minimum atomic E-state index is 0.0871. The second-order valence-corrected chi connectivity index (χ2v) is 5.69. The minimum absolute atomic E-state index is 0.0871. The molecule has 3 rings (SSSR count). The van der Waals surface area contributed by atoms with Crippen molar-refractivity contribution < 1.29 is 0 Å². The van der Waals surface area contributed by atoms with Crippen molar-refractivity contribution >= 4 is 0 Å². The fourth-order valence-corrected chi connectivity index (χ4v) is 3.13. The average Bonchev–Trinajstić information content (AvgIpc) is 2.76. The fourth-order valence-electron chi connectivity index (χ4n) is 3.13. The maximum atomic E-state index is 6.09. The van der Waals surface area contributed by atoms with E-state index >= 15 is 0 Å². The third-order valence-electron chi connectivity index (χ3n) is 4.30. The topological polar surface area (TPSA) is 60.0 Å². The first kappa shape index (κ1) is 12.1. The third-order valence-corrected chi connectivity index (χ3v) is 4.30. The van der Waals surface area contributed by atoms with E-state index in [0.717, 1.165) is 37.5 Å². The first-order chi connectivity index (χ1) is 8.74. The largest absolute Gasteiger partial charge is 0.321 e. The number of piperidine rings is 1. The molecule has 0 spiro atoms. The van der Waals surface area contributed by atoms with Crippen LogP contribution in [0.15, 0.2) is 0 Å². The Morgan fingerprint density at radius 3 is 2.89 bits per heavy atom. The van der Waals surface area contributed by atoms with Crippen LogP contribution in [-0.2, 0) is 13.0 Å². The summed E-state index contributed by atoms with van der Waals surface area (Å²) in [5, 5.41) is 4.63. The zero-order chi connectivity index (χ0) is 12.5. The number of fused-ring (bicyclic) bond motifs is 1. The number of hydrogen-bond donors (Lipinski definition) is 1. The van der Waals surface area contributed by atoms with Crippen LogP contribution in [-0.4, -0.2) is 39.3 Å². The van der Waals surface area contributed by atoms with Crippen molar-refractivity contribution in [3.63, 3.8) is 0 Å². The van der Waals surface area contributed by atoms with Gasteiger partial charge in [-0.15, -0.1) is 0 Å². The minimum Gasteiger partial charge on any atom is -0.321 e. The first-order valence-electron chi connectivity index (χ1n) is 7.13.